The van der Waals surface area contributed by atoms with Gasteiger partial charge < -0.3 is 5.11 Å². The lowest BCUT2D eigenvalue weighted by Crippen LogP contribution is -2.52. The molecule has 3 fully saturated rings. The highest BCUT2D eigenvalue weighted by atomic mass is 16.3. The molecule has 3 saturated carbocycles. The molecule has 4 aliphatic rings. The first-order chi connectivity index (χ1) is 10.1. The molecule has 0 aromatic carbocycles. The minimum Gasteiger partial charge on any atom is -0.393 e. The van der Waals surface area contributed by atoms with Crippen molar-refractivity contribution in [1.29, 1.82) is 0 Å². The molecular weight excluding hydrogens is 260 g/mol. The highest BCUT2D eigenvalue weighted by Gasteiger charge is 2.53. The summed E-state index contributed by atoms with van der Waals surface area (Å²) < 4.78 is 0. The maximum absolute atomic E-state index is 11.6. The molecule has 2 heteroatoms. The summed E-state index contributed by atoms with van der Waals surface area (Å²) in [4.78, 5) is 11.6. The Kier molecular flexibility index (Phi) is 3.15. The van der Waals surface area contributed by atoms with Gasteiger partial charge in [0.15, 0.2) is 5.78 Å². The molecule has 0 aromatic rings. The second kappa shape index (κ2) is 4.81. The van der Waals surface area contributed by atoms with Crippen LogP contribution in [0.1, 0.15) is 51.9 Å². The van der Waals surface area contributed by atoms with Gasteiger partial charge in [0.05, 0.1) is 6.10 Å². The van der Waals surface area contributed by atoms with Gasteiger partial charge in [-0.05, 0) is 73.8 Å². The van der Waals surface area contributed by atoms with Gasteiger partial charge in [-0.3, -0.25) is 4.79 Å². The van der Waals surface area contributed by atoms with E-state index < -0.39 is 0 Å². The van der Waals surface area contributed by atoms with E-state index in [-0.39, 0.29) is 17.3 Å². The Bertz CT molecular complexity index is 518. The zero-order valence-corrected chi connectivity index (χ0v) is 12.9. The lowest BCUT2D eigenvalue weighted by atomic mass is 9.48. The first kappa shape index (κ1) is 13.8. The SMILES string of the molecule is C[C@]12CCC3C4C=CC(=O)C=C4CCC3C1CCCC2O. The number of fused-ring (bicyclic) bond motifs is 5. The van der Waals surface area contributed by atoms with E-state index in [9.17, 15) is 9.90 Å². The molecule has 114 valence electrons. The van der Waals surface area contributed by atoms with Gasteiger partial charge in [-0.15, -0.1) is 0 Å². The van der Waals surface area contributed by atoms with E-state index in [1.807, 2.05) is 6.08 Å². The van der Waals surface area contributed by atoms with Crippen LogP contribution in [-0.4, -0.2) is 17.0 Å². The van der Waals surface area contributed by atoms with Crippen LogP contribution >= 0.6 is 0 Å². The van der Waals surface area contributed by atoms with Crippen LogP contribution in [0.2, 0.25) is 0 Å². The van der Waals surface area contributed by atoms with Gasteiger partial charge in [0, 0.05) is 5.92 Å². The Morgan fingerprint density at radius 1 is 1.19 bits per heavy atom. The van der Waals surface area contributed by atoms with Crippen LogP contribution in [0.5, 0.6) is 0 Å². The average molecular weight is 286 g/mol. The average Bonchev–Trinajstić information content (AvgIpc) is 2.48. The maximum Gasteiger partial charge on any atom is 0.178 e. The second-order valence-electron chi connectivity index (χ2n) is 7.97. The molecular formula is C19H26O2. The topological polar surface area (TPSA) is 37.3 Å². The quantitative estimate of drug-likeness (QED) is 0.738. The Labute approximate surface area is 127 Å². The van der Waals surface area contributed by atoms with Crippen LogP contribution in [-0.2, 0) is 4.79 Å². The van der Waals surface area contributed by atoms with Crippen molar-refractivity contribution in [2.45, 2.75) is 58.0 Å². The molecule has 0 radical (unpaired) electrons. The highest BCUT2D eigenvalue weighted by Crippen LogP contribution is 2.59. The predicted molar refractivity (Wildman–Crippen MR) is 82.6 cm³/mol. The number of hydrogen-bond acceptors (Lipinski definition) is 2. The zero-order chi connectivity index (χ0) is 14.6. The van der Waals surface area contributed by atoms with Gasteiger partial charge >= 0.3 is 0 Å². The summed E-state index contributed by atoms with van der Waals surface area (Å²) in [5.41, 5.74) is 1.53. The fourth-order valence-electron chi connectivity index (χ4n) is 5.98. The molecule has 0 aliphatic heterocycles. The molecule has 0 spiro atoms. The number of aliphatic hydroxyl groups excluding tert-OH is 1. The van der Waals surface area contributed by atoms with Crippen LogP contribution < -0.4 is 0 Å². The first-order valence-electron chi connectivity index (χ1n) is 8.70. The molecule has 0 saturated heterocycles. The Hall–Kier alpha value is -0.890. The van der Waals surface area contributed by atoms with Crippen molar-refractivity contribution in [2.75, 3.05) is 0 Å². The fraction of sp³-hybridized carbons (Fsp3) is 0.737. The van der Waals surface area contributed by atoms with Gasteiger partial charge in [0.25, 0.3) is 0 Å². The van der Waals surface area contributed by atoms with E-state index in [4.69, 9.17) is 0 Å². The highest BCUT2D eigenvalue weighted by molar-refractivity contribution is 6.00. The van der Waals surface area contributed by atoms with E-state index in [1.165, 1.54) is 31.3 Å². The number of ketones is 1. The number of allylic oxidation sites excluding steroid dienone is 4. The Morgan fingerprint density at radius 3 is 2.90 bits per heavy atom. The smallest absolute Gasteiger partial charge is 0.178 e. The van der Waals surface area contributed by atoms with Gasteiger partial charge in [0.2, 0.25) is 0 Å². The summed E-state index contributed by atoms with van der Waals surface area (Å²) in [7, 11) is 0. The number of aliphatic hydroxyl groups is 1. The van der Waals surface area contributed by atoms with Gasteiger partial charge in [0.1, 0.15) is 0 Å². The van der Waals surface area contributed by atoms with E-state index in [0.717, 1.165) is 25.2 Å². The molecule has 0 heterocycles. The Morgan fingerprint density at radius 2 is 2.05 bits per heavy atom. The van der Waals surface area contributed by atoms with E-state index in [0.29, 0.717) is 17.8 Å². The summed E-state index contributed by atoms with van der Waals surface area (Å²) in [5.74, 6) is 2.82. The van der Waals surface area contributed by atoms with E-state index in [2.05, 4.69) is 13.0 Å². The largest absolute Gasteiger partial charge is 0.393 e. The van der Waals surface area contributed by atoms with Crippen molar-refractivity contribution in [3.05, 3.63) is 23.8 Å². The van der Waals surface area contributed by atoms with Gasteiger partial charge in [-0.2, -0.15) is 0 Å². The summed E-state index contributed by atoms with van der Waals surface area (Å²) in [5, 5.41) is 10.6. The van der Waals surface area contributed by atoms with Crippen molar-refractivity contribution in [2.24, 2.45) is 29.1 Å². The molecule has 0 aromatic heterocycles. The van der Waals surface area contributed by atoms with Gasteiger partial charge in [-0.1, -0.05) is 25.0 Å². The molecule has 6 atom stereocenters. The van der Waals surface area contributed by atoms with Crippen LogP contribution in [0.15, 0.2) is 23.8 Å². The number of carbonyl (C=O) groups is 1. The van der Waals surface area contributed by atoms with Crippen molar-refractivity contribution in [3.63, 3.8) is 0 Å². The zero-order valence-electron chi connectivity index (χ0n) is 12.9. The summed E-state index contributed by atoms with van der Waals surface area (Å²) in [6.45, 7) is 2.34. The molecule has 21 heavy (non-hydrogen) atoms. The van der Waals surface area contributed by atoms with Crippen molar-refractivity contribution in [1.82, 2.24) is 0 Å². The predicted octanol–water partition coefficient (Wildman–Crippen LogP) is 3.66. The molecule has 1 N–H and O–H groups in total. The van der Waals surface area contributed by atoms with E-state index in [1.54, 1.807) is 6.08 Å². The molecule has 5 unspecified atom stereocenters. The lowest BCUT2D eigenvalue weighted by Gasteiger charge is -2.57. The molecule has 2 nitrogen and oxygen atoms in total. The summed E-state index contributed by atoms with van der Waals surface area (Å²) in [6.07, 6.45) is 13.9. The summed E-state index contributed by atoms with van der Waals surface area (Å²) >= 11 is 0. The van der Waals surface area contributed by atoms with Crippen molar-refractivity contribution in [3.8, 4) is 0 Å². The molecule has 0 amide bonds. The molecule has 0 bridgehead atoms. The van der Waals surface area contributed by atoms with Crippen LogP contribution in [0, 0.1) is 29.1 Å². The third-order valence-corrected chi connectivity index (χ3v) is 7.14. The number of hydrogen-bond donors (Lipinski definition) is 1. The minimum atomic E-state index is -0.0994. The lowest BCUT2D eigenvalue weighted by molar-refractivity contribution is -0.116. The molecule has 4 aliphatic carbocycles. The van der Waals surface area contributed by atoms with Crippen LogP contribution in [0.3, 0.4) is 0 Å². The van der Waals surface area contributed by atoms with Crippen LogP contribution in [0.4, 0.5) is 0 Å². The summed E-state index contributed by atoms with van der Waals surface area (Å²) in [6, 6.07) is 0. The monoisotopic (exact) mass is 286 g/mol. The number of rotatable bonds is 0. The third-order valence-electron chi connectivity index (χ3n) is 7.14. The second-order valence-corrected chi connectivity index (χ2v) is 7.97. The number of carbonyl (C=O) groups excluding carboxylic acids is 1. The maximum atomic E-state index is 11.6. The standard InChI is InChI=1S/C19H26O2/c1-19-10-9-15-14-8-6-13(20)11-12(14)5-7-16(15)17(19)3-2-4-18(19)21/h6,8,11,14-18,21H,2-5,7,9-10H2,1H3/t14?,15?,16?,17?,18?,19-/m0/s1. The first-order valence-corrected chi connectivity index (χ1v) is 8.70. The van der Waals surface area contributed by atoms with Crippen LogP contribution in [0.25, 0.3) is 0 Å². The third kappa shape index (κ3) is 1.98. The minimum absolute atomic E-state index is 0.0994. The van der Waals surface area contributed by atoms with Crippen molar-refractivity contribution < 1.29 is 9.90 Å². The normalized spacial score (nSPS) is 49.0. The van der Waals surface area contributed by atoms with Gasteiger partial charge in [-0.25, -0.2) is 0 Å². The van der Waals surface area contributed by atoms with E-state index >= 15 is 0 Å². The molecule has 4 rings (SSSR count). The van der Waals surface area contributed by atoms with Crippen molar-refractivity contribution >= 4 is 5.78 Å². The fourth-order valence-corrected chi connectivity index (χ4v) is 5.98. The Balaban J connectivity index is 1.64.